The Morgan fingerprint density at radius 2 is 2.00 bits per heavy atom. The third-order valence-electron chi connectivity index (χ3n) is 5.86. The number of anilines is 1. The van der Waals surface area contributed by atoms with Gasteiger partial charge in [0.25, 0.3) is 5.78 Å². The first-order valence-corrected chi connectivity index (χ1v) is 11.1. The maximum absolute atomic E-state index is 12.5. The van der Waals surface area contributed by atoms with Crippen LogP contribution in [-0.2, 0) is 14.9 Å². The maximum atomic E-state index is 12.5. The van der Waals surface area contributed by atoms with Crippen molar-refractivity contribution in [1.82, 2.24) is 5.16 Å². The summed E-state index contributed by atoms with van der Waals surface area (Å²) in [6, 6.07) is 10.4. The van der Waals surface area contributed by atoms with Crippen LogP contribution < -0.4 is 5.32 Å². The molecule has 2 N–H and O–H groups in total. The van der Waals surface area contributed by atoms with Crippen molar-refractivity contribution in [2.24, 2.45) is 0 Å². The predicted octanol–water partition coefficient (Wildman–Crippen LogP) is 5.80. The minimum Gasteiger partial charge on any atom is -0.480 e. The number of carbonyl (C=O) groups is 2. The predicted molar refractivity (Wildman–Crippen MR) is 124 cm³/mol. The van der Waals surface area contributed by atoms with E-state index in [2.05, 4.69) is 22.3 Å². The molecular weight excluding hydrogens is 476 g/mol. The number of halogens is 1. The quantitative estimate of drug-likeness (QED) is 0.333. The van der Waals surface area contributed by atoms with E-state index in [-0.39, 0.29) is 23.0 Å². The monoisotopic (exact) mass is 494 g/mol. The Labute approximate surface area is 204 Å². The number of aliphatic carboxylic acids is 1. The van der Waals surface area contributed by atoms with E-state index >= 15 is 0 Å². The Bertz CT molecular complexity index is 1480. The van der Waals surface area contributed by atoms with Crippen molar-refractivity contribution in [3.05, 3.63) is 70.0 Å². The van der Waals surface area contributed by atoms with Crippen molar-refractivity contribution >= 4 is 40.5 Å². The van der Waals surface area contributed by atoms with Gasteiger partial charge in [0.15, 0.2) is 5.76 Å². The largest absolute Gasteiger partial charge is 0.480 e. The maximum Gasteiger partial charge on any atom is 0.412 e. The van der Waals surface area contributed by atoms with Crippen LogP contribution in [0.15, 0.2) is 49.8 Å². The van der Waals surface area contributed by atoms with Crippen molar-refractivity contribution in [2.75, 3.05) is 5.32 Å². The topological polar surface area (TPSA) is 128 Å². The van der Waals surface area contributed by atoms with Gasteiger partial charge < -0.3 is 23.2 Å². The first-order chi connectivity index (χ1) is 16.8. The number of carbonyl (C=O) groups excluding carboxylic acids is 1. The molecule has 0 spiro atoms. The van der Waals surface area contributed by atoms with E-state index in [1.54, 1.807) is 50.2 Å². The van der Waals surface area contributed by atoms with E-state index in [1.165, 1.54) is 0 Å². The fraction of sp³-hybridized carbons (Fsp3) is 0.240. The van der Waals surface area contributed by atoms with Crippen LogP contribution in [0.4, 0.5) is 10.5 Å². The van der Waals surface area contributed by atoms with Crippen LogP contribution in [0.5, 0.6) is 0 Å². The fourth-order valence-electron chi connectivity index (χ4n) is 3.71. The molecule has 1 atom stereocenters. The molecule has 10 heteroatoms. The molecule has 1 aliphatic rings. The zero-order chi connectivity index (χ0) is 24.7. The summed E-state index contributed by atoms with van der Waals surface area (Å²) >= 11 is 6.17. The highest BCUT2D eigenvalue weighted by molar-refractivity contribution is 6.31. The van der Waals surface area contributed by atoms with Crippen LogP contribution in [0, 0.1) is 18.8 Å². The van der Waals surface area contributed by atoms with Gasteiger partial charge in [0.1, 0.15) is 28.7 Å². The molecule has 3 heterocycles. The van der Waals surface area contributed by atoms with Gasteiger partial charge in [-0.1, -0.05) is 35.0 Å². The highest BCUT2D eigenvalue weighted by Crippen LogP contribution is 2.50. The number of hydrogen-bond donors (Lipinski definition) is 2. The normalized spacial score (nSPS) is 14.7. The molecule has 1 aliphatic carbocycles. The van der Waals surface area contributed by atoms with Gasteiger partial charge in [0.2, 0.25) is 5.76 Å². The van der Waals surface area contributed by atoms with E-state index in [9.17, 15) is 14.7 Å². The Morgan fingerprint density at radius 1 is 1.23 bits per heavy atom. The Morgan fingerprint density at radius 3 is 2.69 bits per heavy atom. The van der Waals surface area contributed by atoms with Crippen LogP contribution in [0.25, 0.3) is 11.2 Å². The highest BCUT2D eigenvalue weighted by atomic mass is 35.5. The van der Waals surface area contributed by atoms with Crippen molar-refractivity contribution in [1.29, 1.82) is 0 Å². The zero-order valence-electron chi connectivity index (χ0n) is 18.7. The molecule has 0 saturated heterocycles. The number of amides is 1. The third kappa shape index (κ3) is 4.24. The number of nitrogens with one attached hydrogen (secondary N) is 1. The van der Waals surface area contributed by atoms with Crippen LogP contribution in [0.2, 0.25) is 5.02 Å². The van der Waals surface area contributed by atoms with E-state index in [0.717, 1.165) is 0 Å². The standard InChI is InChI=1S/C25H19ClN2O7/c1-13-21(27-24(31)32-14(2)17-5-3-4-6-18(17)26)19(35-28-13)8-7-16-11-15-12-20(34-22(15)33-16)25(9-10-25)23(29)30/h3-6,11-12,14H,9-10H2,1-2H3,(H,27,31)(H,29,30). The minimum atomic E-state index is -0.955. The smallest absolute Gasteiger partial charge is 0.412 e. The first-order valence-electron chi connectivity index (χ1n) is 10.7. The molecule has 35 heavy (non-hydrogen) atoms. The molecule has 1 aromatic carbocycles. The molecule has 1 fully saturated rings. The number of hydrogen-bond acceptors (Lipinski definition) is 7. The number of benzene rings is 1. The van der Waals surface area contributed by atoms with Gasteiger partial charge in [0.05, 0.1) is 5.39 Å². The molecule has 1 unspecified atom stereocenters. The SMILES string of the molecule is Cc1noc(C#Cc2cc3cc(C4(C(=O)O)CC4)oc3o2)c1NC(=O)OC(C)c1ccccc1Cl. The van der Waals surface area contributed by atoms with Gasteiger partial charge in [0, 0.05) is 16.7 Å². The summed E-state index contributed by atoms with van der Waals surface area (Å²) in [5, 5.41) is 17.0. The molecule has 5 rings (SSSR count). The zero-order valence-corrected chi connectivity index (χ0v) is 19.4. The van der Waals surface area contributed by atoms with Gasteiger partial charge >= 0.3 is 12.1 Å². The van der Waals surface area contributed by atoms with E-state index < -0.39 is 23.6 Å². The second-order valence-electron chi connectivity index (χ2n) is 8.27. The van der Waals surface area contributed by atoms with Crippen LogP contribution >= 0.6 is 11.6 Å². The molecular formula is C25H19ClN2O7. The van der Waals surface area contributed by atoms with Gasteiger partial charge in [-0.15, -0.1) is 0 Å². The first kappa shape index (κ1) is 22.6. The van der Waals surface area contributed by atoms with Crippen molar-refractivity contribution in [3.63, 3.8) is 0 Å². The lowest BCUT2D eigenvalue weighted by molar-refractivity contribution is -0.140. The van der Waals surface area contributed by atoms with Crippen molar-refractivity contribution < 1.29 is 32.8 Å². The lowest BCUT2D eigenvalue weighted by Gasteiger charge is -2.15. The van der Waals surface area contributed by atoms with Gasteiger partial charge in [-0.05, 0) is 50.7 Å². The Hall–Kier alpha value is -4.16. The molecule has 178 valence electrons. The van der Waals surface area contributed by atoms with Gasteiger partial charge in [-0.2, -0.15) is 0 Å². The molecule has 1 saturated carbocycles. The Balaban J connectivity index is 1.30. The van der Waals surface area contributed by atoms with E-state index in [1.807, 2.05) is 0 Å². The average Bonchev–Trinajstić information content (AvgIpc) is 3.25. The summed E-state index contributed by atoms with van der Waals surface area (Å²) in [6.07, 6.45) is -0.239. The summed E-state index contributed by atoms with van der Waals surface area (Å²) in [5.74, 6) is 5.63. The number of carboxylic acid groups (broad SMARTS) is 1. The molecule has 9 nitrogen and oxygen atoms in total. The number of fused-ring (bicyclic) bond motifs is 1. The van der Waals surface area contributed by atoms with Crippen LogP contribution in [0.3, 0.4) is 0 Å². The van der Waals surface area contributed by atoms with Crippen molar-refractivity contribution in [3.8, 4) is 11.8 Å². The number of aromatic nitrogens is 1. The lowest BCUT2D eigenvalue weighted by atomic mass is 10.0. The molecule has 3 aromatic heterocycles. The number of rotatable bonds is 5. The Kier molecular flexibility index (Phi) is 5.53. The van der Waals surface area contributed by atoms with Gasteiger partial charge in [-0.3, -0.25) is 10.1 Å². The molecule has 1 amide bonds. The highest BCUT2D eigenvalue weighted by Gasteiger charge is 2.54. The molecule has 0 bridgehead atoms. The number of carboxylic acids is 1. The van der Waals surface area contributed by atoms with E-state index in [4.69, 9.17) is 29.7 Å². The molecule has 0 radical (unpaired) electrons. The minimum absolute atomic E-state index is 0.112. The fourth-order valence-corrected chi connectivity index (χ4v) is 4.00. The molecule has 0 aliphatic heterocycles. The second-order valence-corrected chi connectivity index (χ2v) is 8.67. The van der Waals surface area contributed by atoms with Crippen molar-refractivity contribution in [2.45, 2.75) is 38.2 Å². The van der Waals surface area contributed by atoms with Crippen LogP contribution in [-0.4, -0.2) is 22.3 Å². The number of aryl methyl sites for hydroxylation is 1. The number of furan rings is 2. The lowest BCUT2D eigenvalue weighted by Crippen LogP contribution is -2.18. The average molecular weight is 495 g/mol. The van der Waals surface area contributed by atoms with Crippen LogP contribution in [0.1, 0.15) is 54.4 Å². The number of nitrogens with zero attached hydrogens (tertiary/aromatic N) is 1. The third-order valence-corrected chi connectivity index (χ3v) is 6.21. The summed E-state index contributed by atoms with van der Waals surface area (Å²) in [5.41, 5.74) is 0.401. The summed E-state index contributed by atoms with van der Waals surface area (Å²) in [6.45, 7) is 3.36. The van der Waals surface area contributed by atoms with E-state index in [0.29, 0.717) is 40.3 Å². The molecule has 4 aromatic rings. The summed E-state index contributed by atoms with van der Waals surface area (Å²) in [4.78, 5) is 24.0. The van der Waals surface area contributed by atoms with Gasteiger partial charge in [-0.25, -0.2) is 4.79 Å². The number of ether oxygens (including phenoxy) is 1. The summed E-state index contributed by atoms with van der Waals surface area (Å²) < 4.78 is 21.9. The second kappa shape index (κ2) is 8.56. The summed E-state index contributed by atoms with van der Waals surface area (Å²) in [7, 11) is 0.